The van der Waals surface area contributed by atoms with E-state index in [9.17, 15) is 9.59 Å². The molecule has 0 heterocycles. The first-order valence-electron chi connectivity index (χ1n) is 11.7. The van der Waals surface area contributed by atoms with E-state index in [0.29, 0.717) is 18.3 Å². The second-order valence-corrected chi connectivity index (χ2v) is 9.37. The molecule has 0 bridgehead atoms. The lowest BCUT2D eigenvalue weighted by Crippen LogP contribution is -2.20. The molecule has 2 aliphatic rings. The van der Waals surface area contributed by atoms with Gasteiger partial charge in [-0.25, -0.2) is 0 Å². The fourth-order valence-corrected chi connectivity index (χ4v) is 5.87. The summed E-state index contributed by atoms with van der Waals surface area (Å²) < 4.78 is 0. The first kappa shape index (κ1) is 20.9. The Bertz CT molecular complexity index is 938. The van der Waals surface area contributed by atoms with Gasteiger partial charge in [-0.1, -0.05) is 62.8 Å². The number of carbonyl (C=O) groups excluding carboxylic acids is 2. The zero-order valence-electron chi connectivity index (χ0n) is 17.9. The fourth-order valence-electron chi connectivity index (χ4n) is 5.87. The van der Waals surface area contributed by atoms with Gasteiger partial charge in [-0.15, -0.1) is 0 Å². The largest absolute Gasteiger partial charge is 0.369 e. The lowest BCUT2D eigenvalue weighted by atomic mass is 9.74. The van der Waals surface area contributed by atoms with Gasteiger partial charge < -0.3 is 11.5 Å². The summed E-state index contributed by atoms with van der Waals surface area (Å²) in [5, 5.41) is 2.41. The SMILES string of the molecule is NC(=O)Cc1ccc2c(C3CCCCC3)c(CC(N)=O)c(C3CCCCC3)cc2c1. The number of rotatable bonds is 6. The highest BCUT2D eigenvalue weighted by Gasteiger charge is 2.27. The third-order valence-electron chi connectivity index (χ3n) is 7.18. The van der Waals surface area contributed by atoms with Crippen LogP contribution in [0.15, 0.2) is 24.3 Å². The van der Waals surface area contributed by atoms with Crippen molar-refractivity contribution in [1.82, 2.24) is 0 Å². The minimum absolute atomic E-state index is 0.242. The van der Waals surface area contributed by atoms with Crippen molar-refractivity contribution in [3.05, 3.63) is 46.5 Å². The first-order chi connectivity index (χ1) is 14.5. The smallest absolute Gasteiger partial charge is 0.221 e. The summed E-state index contributed by atoms with van der Waals surface area (Å²) >= 11 is 0. The van der Waals surface area contributed by atoms with Crippen molar-refractivity contribution in [2.45, 2.75) is 88.9 Å². The maximum atomic E-state index is 12.1. The molecule has 4 rings (SSSR count). The maximum Gasteiger partial charge on any atom is 0.221 e. The van der Waals surface area contributed by atoms with Gasteiger partial charge in [-0.2, -0.15) is 0 Å². The van der Waals surface area contributed by atoms with Crippen LogP contribution in [0.2, 0.25) is 0 Å². The maximum absolute atomic E-state index is 12.1. The normalized spacial score (nSPS) is 18.5. The van der Waals surface area contributed by atoms with E-state index in [0.717, 1.165) is 5.56 Å². The summed E-state index contributed by atoms with van der Waals surface area (Å²) in [5.41, 5.74) is 16.1. The first-order valence-corrected chi connectivity index (χ1v) is 11.7. The van der Waals surface area contributed by atoms with Crippen molar-refractivity contribution in [2.75, 3.05) is 0 Å². The molecule has 2 amide bonds. The molecule has 4 heteroatoms. The second kappa shape index (κ2) is 9.20. The van der Waals surface area contributed by atoms with Gasteiger partial charge in [0.25, 0.3) is 0 Å². The molecule has 0 unspecified atom stereocenters. The highest BCUT2D eigenvalue weighted by atomic mass is 16.1. The molecule has 0 spiro atoms. The van der Waals surface area contributed by atoms with Gasteiger partial charge >= 0.3 is 0 Å². The van der Waals surface area contributed by atoms with E-state index in [1.807, 2.05) is 6.07 Å². The van der Waals surface area contributed by atoms with Gasteiger partial charge in [0.05, 0.1) is 12.8 Å². The van der Waals surface area contributed by atoms with E-state index in [1.54, 1.807) is 0 Å². The topological polar surface area (TPSA) is 86.2 Å². The van der Waals surface area contributed by atoms with Gasteiger partial charge in [0.2, 0.25) is 11.8 Å². The summed E-state index contributed by atoms with van der Waals surface area (Å²) in [4.78, 5) is 23.6. The van der Waals surface area contributed by atoms with Crippen molar-refractivity contribution in [2.24, 2.45) is 11.5 Å². The van der Waals surface area contributed by atoms with Gasteiger partial charge in [0.1, 0.15) is 0 Å². The van der Waals surface area contributed by atoms with Crippen LogP contribution in [0.4, 0.5) is 0 Å². The molecule has 2 fully saturated rings. The van der Waals surface area contributed by atoms with Crippen LogP contribution in [0.25, 0.3) is 10.8 Å². The van der Waals surface area contributed by atoms with Crippen LogP contribution in [-0.2, 0) is 22.4 Å². The standard InChI is InChI=1S/C26H34N2O2/c27-24(29)14-17-11-12-21-20(13-17)15-22(18-7-3-1-4-8-18)23(16-25(28)30)26(21)19-9-5-2-6-10-19/h11-13,15,18-19H,1-10,14,16H2,(H2,27,29)(H2,28,30). The predicted octanol–water partition coefficient (Wildman–Crippen LogP) is 4.99. The number of hydrogen-bond donors (Lipinski definition) is 2. The molecule has 4 nitrogen and oxygen atoms in total. The molecule has 2 aromatic carbocycles. The summed E-state index contributed by atoms with van der Waals surface area (Å²) in [6.07, 6.45) is 12.9. The van der Waals surface area contributed by atoms with Gasteiger partial charge in [-0.3, -0.25) is 9.59 Å². The zero-order chi connectivity index (χ0) is 21.1. The van der Waals surface area contributed by atoms with Crippen LogP contribution in [0, 0.1) is 0 Å². The Morgan fingerprint density at radius 1 is 0.767 bits per heavy atom. The monoisotopic (exact) mass is 406 g/mol. The molecule has 0 radical (unpaired) electrons. The average molecular weight is 407 g/mol. The Kier molecular flexibility index (Phi) is 6.40. The molecule has 0 atom stereocenters. The third kappa shape index (κ3) is 4.53. The Labute approximate surface area is 179 Å². The highest BCUT2D eigenvalue weighted by Crippen LogP contribution is 2.44. The molecule has 160 valence electrons. The van der Waals surface area contributed by atoms with E-state index >= 15 is 0 Å². The van der Waals surface area contributed by atoms with E-state index in [4.69, 9.17) is 11.5 Å². The number of fused-ring (bicyclic) bond motifs is 1. The summed E-state index contributed by atoms with van der Waals surface area (Å²) in [5.74, 6) is 0.439. The van der Waals surface area contributed by atoms with Gasteiger partial charge in [-0.05, 0) is 70.5 Å². The predicted molar refractivity (Wildman–Crippen MR) is 121 cm³/mol. The van der Waals surface area contributed by atoms with E-state index in [1.165, 1.54) is 91.7 Å². The molecule has 0 aromatic heterocycles. The van der Waals surface area contributed by atoms with Crippen LogP contribution in [-0.4, -0.2) is 11.8 Å². The molecule has 30 heavy (non-hydrogen) atoms. The highest BCUT2D eigenvalue weighted by molar-refractivity contribution is 5.92. The molecular formula is C26H34N2O2. The summed E-state index contributed by atoms with van der Waals surface area (Å²) in [6.45, 7) is 0. The van der Waals surface area contributed by atoms with Crippen LogP contribution >= 0.6 is 0 Å². The van der Waals surface area contributed by atoms with Crippen LogP contribution in [0.3, 0.4) is 0 Å². The van der Waals surface area contributed by atoms with Crippen molar-refractivity contribution in [3.63, 3.8) is 0 Å². The minimum Gasteiger partial charge on any atom is -0.369 e. The van der Waals surface area contributed by atoms with Crippen molar-refractivity contribution in [3.8, 4) is 0 Å². The Balaban J connectivity index is 1.92. The molecule has 0 aliphatic heterocycles. The molecular weight excluding hydrogens is 372 g/mol. The van der Waals surface area contributed by atoms with Gasteiger partial charge in [0, 0.05) is 0 Å². The van der Waals surface area contributed by atoms with Crippen LogP contribution < -0.4 is 11.5 Å². The van der Waals surface area contributed by atoms with E-state index < -0.39 is 0 Å². The molecule has 4 N–H and O–H groups in total. The Hall–Kier alpha value is -2.36. The average Bonchev–Trinajstić information content (AvgIpc) is 2.74. The van der Waals surface area contributed by atoms with Gasteiger partial charge in [0.15, 0.2) is 0 Å². The number of carbonyl (C=O) groups is 2. The van der Waals surface area contributed by atoms with Crippen molar-refractivity contribution in [1.29, 1.82) is 0 Å². The van der Waals surface area contributed by atoms with E-state index in [2.05, 4.69) is 18.2 Å². The molecule has 0 saturated heterocycles. The quantitative estimate of drug-likeness (QED) is 0.708. The van der Waals surface area contributed by atoms with Crippen molar-refractivity contribution >= 4 is 22.6 Å². The van der Waals surface area contributed by atoms with Crippen molar-refractivity contribution < 1.29 is 9.59 Å². The Morgan fingerprint density at radius 3 is 1.97 bits per heavy atom. The third-order valence-corrected chi connectivity index (χ3v) is 7.18. The van der Waals surface area contributed by atoms with Crippen LogP contribution in [0.1, 0.15) is 98.3 Å². The Morgan fingerprint density at radius 2 is 1.37 bits per heavy atom. The molecule has 2 aromatic rings. The number of hydrogen-bond acceptors (Lipinski definition) is 2. The lowest BCUT2D eigenvalue weighted by molar-refractivity contribution is -0.118. The summed E-state index contributed by atoms with van der Waals surface area (Å²) in [6, 6.07) is 8.59. The van der Waals surface area contributed by atoms with E-state index in [-0.39, 0.29) is 18.2 Å². The number of amides is 2. The number of primary amides is 2. The molecule has 2 saturated carbocycles. The fraction of sp³-hybridized carbons (Fsp3) is 0.538. The lowest BCUT2D eigenvalue weighted by Gasteiger charge is -2.31. The number of benzene rings is 2. The summed E-state index contributed by atoms with van der Waals surface area (Å²) in [7, 11) is 0. The second-order valence-electron chi connectivity index (χ2n) is 9.37. The zero-order valence-corrected chi connectivity index (χ0v) is 17.9. The molecule has 2 aliphatic carbocycles. The van der Waals surface area contributed by atoms with Crippen LogP contribution in [0.5, 0.6) is 0 Å². The number of nitrogens with two attached hydrogens (primary N) is 2. The minimum atomic E-state index is -0.306.